The average molecular weight is 396 g/mol. The van der Waals surface area contributed by atoms with Crippen LogP contribution in [0, 0.1) is 0 Å². The van der Waals surface area contributed by atoms with Crippen LogP contribution in [0.2, 0.25) is 0 Å². The van der Waals surface area contributed by atoms with Crippen molar-refractivity contribution in [2.75, 3.05) is 38.2 Å². The number of para-hydroxylation sites is 2. The fourth-order valence-electron chi connectivity index (χ4n) is 4.00. The number of piperazine rings is 1. The highest BCUT2D eigenvalue weighted by Gasteiger charge is 2.27. The van der Waals surface area contributed by atoms with Crippen LogP contribution >= 0.6 is 0 Å². The molecule has 2 atom stereocenters. The predicted octanol–water partition coefficient (Wildman–Crippen LogP) is 3.86. The van der Waals surface area contributed by atoms with Gasteiger partial charge in [-0.05, 0) is 31.0 Å². The zero-order valence-electron chi connectivity index (χ0n) is 17.8. The first kappa shape index (κ1) is 21.2. The first-order chi connectivity index (χ1) is 14.1. The van der Waals surface area contributed by atoms with Gasteiger partial charge in [-0.3, -0.25) is 9.69 Å². The van der Waals surface area contributed by atoms with Crippen LogP contribution in [0.15, 0.2) is 54.6 Å². The van der Waals surface area contributed by atoms with Crippen molar-refractivity contribution >= 4 is 11.6 Å². The summed E-state index contributed by atoms with van der Waals surface area (Å²) in [5, 5.41) is 3.28. The molecule has 0 bridgehead atoms. The summed E-state index contributed by atoms with van der Waals surface area (Å²) in [5.41, 5.74) is 2.30. The van der Waals surface area contributed by atoms with Gasteiger partial charge in [-0.1, -0.05) is 55.8 Å². The number of hydrogen-bond donors (Lipinski definition) is 1. The van der Waals surface area contributed by atoms with Crippen LogP contribution in [0.1, 0.15) is 38.3 Å². The smallest absolute Gasteiger partial charge is 0.237 e. The van der Waals surface area contributed by atoms with Gasteiger partial charge in [0.15, 0.2) is 0 Å². The number of nitrogens with one attached hydrogen (secondary N) is 1. The quantitative estimate of drug-likeness (QED) is 0.737. The normalized spacial score (nSPS) is 16.9. The Kier molecular flexibility index (Phi) is 7.53. The topological polar surface area (TPSA) is 44.8 Å². The molecule has 0 aromatic heterocycles. The molecular formula is C24H33N3O2. The Morgan fingerprint density at radius 2 is 1.69 bits per heavy atom. The minimum atomic E-state index is -0.141. The van der Waals surface area contributed by atoms with Gasteiger partial charge in [-0.2, -0.15) is 0 Å². The van der Waals surface area contributed by atoms with E-state index in [9.17, 15) is 4.79 Å². The van der Waals surface area contributed by atoms with Gasteiger partial charge < -0.3 is 15.0 Å². The second-order valence-corrected chi connectivity index (χ2v) is 7.63. The van der Waals surface area contributed by atoms with Crippen molar-refractivity contribution < 1.29 is 9.53 Å². The second kappa shape index (κ2) is 10.3. The lowest BCUT2D eigenvalue weighted by molar-refractivity contribution is -0.126. The van der Waals surface area contributed by atoms with Gasteiger partial charge in [0.1, 0.15) is 5.75 Å². The van der Waals surface area contributed by atoms with Crippen molar-refractivity contribution in [3.63, 3.8) is 0 Å². The zero-order chi connectivity index (χ0) is 20.6. The molecule has 0 spiro atoms. The molecule has 2 aromatic carbocycles. The number of carbonyl (C=O) groups excluding carboxylic acids is 1. The maximum atomic E-state index is 13.0. The number of anilines is 1. The first-order valence-corrected chi connectivity index (χ1v) is 10.6. The highest BCUT2D eigenvalue weighted by molar-refractivity contribution is 5.81. The molecule has 1 aliphatic rings. The third kappa shape index (κ3) is 5.30. The average Bonchev–Trinajstić information content (AvgIpc) is 2.79. The number of nitrogens with zero attached hydrogens (tertiary/aromatic N) is 2. The van der Waals surface area contributed by atoms with Crippen LogP contribution in [-0.4, -0.2) is 50.1 Å². The largest absolute Gasteiger partial charge is 0.495 e. The summed E-state index contributed by atoms with van der Waals surface area (Å²) in [6.07, 6.45) is 1.98. The van der Waals surface area contributed by atoms with Gasteiger partial charge in [0, 0.05) is 26.2 Å². The molecule has 1 N–H and O–H groups in total. The van der Waals surface area contributed by atoms with Crippen molar-refractivity contribution in [2.45, 2.75) is 38.8 Å². The summed E-state index contributed by atoms with van der Waals surface area (Å²) < 4.78 is 5.50. The number of hydrogen-bond acceptors (Lipinski definition) is 4. The lowest BCUT2D eigenvalue weighted by Gasteiger charge is -2.39. The third-order valence-electron chi connectivity index (χ3n) is 5.76. The van der Waals surface area contributed by atoms with E-state index in [0.29, 0.717) is 0 Å². The van der Waals surface area contributed by atoms with Crippen LogP contribution < -0.4 is 15.0 Å². The van der Waals surface area contributed by atoms with Gasteiger partial charge >= 0.3 is 0 Å². The maximum Gasteiger partial charge on any atom is 0.237 e. The Bertz CT molecular complexity index is 773. The van der Waals surface area contributed by atoms with E-state index >= 15 is 0 Å². The van der Waals surface area contributed by atoms with Gasteiger partial charge in [-0.15, -0.1) is 0 Å². The number of ether oxygens (including phenoxy) is 1. The lowest BCUT2D eigenvalue weighted by atomic mass is 10.0. The lowest BCUT2D eigenvalue weighted by Crippen LogP contribution is -2.54. The van der Waals surface area contributed by atoms with E-state index in [-0.39, 0.29) is 18.0 Å². The SMILES string of the molecule is CCC[C@H](NC(=O)[C@H](C)N1CCN(c2ccccc2OC)CC1)c1ccccc1. The highest BCUT2D eigenvalue weighted by Crippen LogP contribution is 2.28. The van der Waals surface area contributed by atoms with Gasteiger partial charge in [0.05, 0.1) is 24.9 Å². The molecule has 156 valence electrons. The molecule has 2 aromatic rings. The molecule has 0 radical (unpaired) electrons. The van der Waals surface area contributed by atoms with Crippen molar-refractivity contribution in [3.05, 3.63) is 60.2 Å². The molecule has 5 heteroatoms. The van der Waals surface area contributed by atoms with Crippen molar-refractivity contribution in [2.24, 2.45) is 0 Å². The molecule has 0 saturated carbocycles. The fraction of sp³-hybridized carbons (Fsp3) is 0.458. The van der Waals surface area contributed by atoms with Crippen molar-refractivity contribution in [3.8, 4) is 5.75 Å². The van der Waals surface area contributed by atoms with Crippen LogP contribution in [0.5, 0.6) is 5.75 Å². The zero-order valence-corrected chi connectivity index (χ0v) is 17.8. The van der Waals surface area contributed by atoms with E-state index in [1.807, 2.05) is 43.3 Å². The molecular weight excluding hydrogens is 362 g/mol. The second-order valence-electron chi connectivity index (χ2n) is 7.63. The van der Waals surface area contributed by atoms with Crippen LogP contribution in [0.4, 0.5) is 5.69 Å². The summed E-state index contributed by atoms with van der Waals surface area (Å²) in [6, 6.07) is 18.3. The van der Waals surface area contributed by atoms with Crippen molar-refractivity contribution in [1.82, 2.24) is 10.2 Å². The van der Waals surface area contributed by atoms with E-state index < -0.39 is 0 Å². The van der Waals surface area contributed by atoms with Crippen LogP contribution in [0.25, 0.3) is 0 Å². The van der Waals surface area contributed by atoms with E-state index in [1.54, 1.807) is 7.11 Å². The molecule has 1 saturated heterocycles. The Morgan fingerprint density at radius 1 is 1.03 bits per heavy atom. The fourth-order valence-corrected chi connectivity index (χ4v) is 4.00. The molecule has 1 aliphatic heterocycles. The summed E-state index contributed by atoms with van der Waals surface area (Å²) in [5.74, 6) is 1.01. The summed E-state index contributed by atoms with van der Waals surface area (Å²) in [4.78, 5) is 17.6. The molecule has 5 nitrogen and oxygen atoms in total. The number of benzene rings is 2. The molecule has 1 heterocycles. The minimum Gasteiger partial charge on any atom is -0.495 e. The molecule has 29 heavy (non-hydrogen) atoms. The summed E-state index contributed by atoms with van der Waals surface area (Å²) in [6.45, 7) is 7.65. The number of rotatable bonds is 8. The Morgan fingerprint density at radius 3 is 2.34 bits per heavy atom. The Hall–Kier alpha value is -2.53. The van der Waals surface area contributed by atoms with E-state index in [1.165, 1.54) is 5.56 Å². The standard InChI is InChI=1S/C24H33N3O2/c1-4-10-21(20-11-6-5-7-12-20)25-24(28)19(2)26-15-17-27(18-16-26)22-13-8-9-14-23(22)29-3/h5-9,11-14,19,21H,4,10,15-18H2,1-3H3,(H,25,28)/t19-,21-/m0/s1. The molecule has 0 unspecified atom stereocenters. The van der Waals surface area contributed by atoms with Crippen LogP contribution in [-0.2, 0) is 4.79 Å². The van der Waals surface area contributed by atoms with Crippen LogP contribution in [0.3, 0.4) is 0 Å². The minimum absolute atomic E-state index is 0.0750. The summed E-state index contributed by atoms with van der Waals surface area (Å²) >= 11 is 0. The molecule has 1 fully saturated rings. The first-order valence-electron chi connectivity index (χ1n) is 10.6. The van der Waals surface area contributed by atoms with E-state index in [4.69, 9.17) is 4.74 Å². The van der Waals surface area contributed by atoms with Gasteiger partial charge in [0.25, 0.3) is 0 Å². The third-order valence-corrected chi connectivity index (χ3v) is 5.76. The van der Waals surface area contributed by atoms with E-state index in [2.05, 4.69) is 40.2 Å². The molecule has 1 amide bonds. The monoisotopic (exact) mass is 395 g/mol. The number of methoxy groups -OCH3 is 1. The number of carbonyl (C=O) groups is 1. The van der Waals surface area contributed by atoms with Gasteiger partial charge in [0.2, 0.25) is 5.91 Å². The van der Waals surface area contributed by atoms with Gasteiger partial charge in [-0.25, -0.2) is 0 Å². The highest BCUT2D eigenvalue weighted by atomic mass is 16.5. The molecule has 3 rings (SSSR count). The predicted molar refractivity (Wildman–Crippen MR) is 118 cm³/mol. The molecule has 0 aliphatic carbocycles. The Labute approximate surface area is 174 Å². The van der Waals surface area contributed by atoms with Crippen molar-refractivity contribution in [1.29, 1.82) is 0 Å². The number of amides is 1. The van der Waals surface area contributed by atoms with E-state index in [0.717, 1.165) is 50.5 Å². The Balaban J connectivity index is 1.58. The summed E-state index contributed by atoms with van der Waals surface area (Å²) in [7, 11) is 1.71. The maximum absolute atomic E-state index is 13.0.